The summed E-state index contributed by atoms with van der Waals surface area (Å²) in [5.74, 6) is 0.173. The van der Waals surface area contributed by atoms with Gasteiger partial charge in [-0.2, -0.15) is 0 Å². The fraction of sp³-hybridized carbons (Fsp3) is 0.438. The van der Waals surface area contributed by atoms with Crippen molar-refractivity contribution in [3.8, 4) is 0 Å². The van der Waals surface area contributed by atoms with Gasteiger partial charge < -0.3 is 9.64 Å². The average molecular weight is 259 g/mol. The van der Waals surface area contributed by atoms with Crippen molar-refractivity contribution in [3.05, 3.63) is 48.6 Å². The molecule has 2 atom stereocenters. The first-order chi connectivity index (χ1) is 9.24. The lowest BCUT2D eigenvalue weighted by Gasteiger charge is -2.31. The molecule has 1 aliphatic rings. The molecule has 0 N–H and O–H groups in total. The van der Waals surface area contributed by atoms with E-state index in [1.165, 1.54) is 0 Å². The van der Waals surface area contributed by atoms with Crippen LogP contribution in [-0.2, 0) is 9.53 Å². The molecule has 2 rings (SSSR count). The van der Waals surface area contributed by atoms with E-state index in [0.717, 1.165) is 5.56 Å². The normalized spacial score (nSPS) is 18.7. The fourth-order valence-electron chi connectivity index (χ4n) is 2.53. The minimum Gasteiger partial charge on any atom is -0.378 e. The largest absolute Gasteiger partial charge is 0.378 e. The Morgan fingerprint density at radius 1 is 1.32 bits per heavy atom. The van der Waals surface area contributed by atoms with Crippen LogP contribution in [0.4, 0.5) is 0 Å². The zero-order chi connectivity index (χ0) is 13.7. The van der Waals surface area contributed by atoms with Gasteiger partial charge >= 0.3 is 0 Å². The van der Waals surface area contributed by atoms with Crippen LogP contribution in [0.2, 0.25) is 0 Å². The van der Waals surface area contributed by atoms with Crippen LogP contribution in [0.5, 0.6) is 0 Å². The first-order valence-electron chi connectivity index (χ1n) is 6.78. The lowest BCUT2D eigenvalue weighted by atomic mass is 9.86. The number of morpholine rings is 1. The smallest absolute Gasteiger partial charge is 0.226 e. The Morgan fingerprint density at radius 3 is 2.53 bits per heavy atom. The number of rotatable bonds is 4. The van der Waals surface area contributed by atoms with Gasteiger partial charge in [-0.05, 0) is 5.56 Å². The van der Waals surface area contributed by atoms with Gasteiger partial charge in [-0.1, -0.05) is 43.3 Å². The highest BCUT2D eigenvalue weighted by molar-refractivity contribution is 5.80. The maximum Gasteiger partial charge on any atom is 0.226 e. The molecule has 19 heavy (non-hydrogen) atoms. The van der Waals surface area contributed by atoms with Gasteiger partial charge in [0.15, 0.2) is 0 Å². The van der Waals surface area contributed by atoms with E-state index in [-0.39, 0.29) is 17.7 Å². The summed E-state index contributed by atoms with van der Waals surface area (Å²) in [7, 11) is 0. The van der Waals surface area contributed by atoms with Crippen molar-refractivity contribution >= 4 is 5.91 Å². The number of benzene rings is 1. The third-order valence-electron chi connectivity index (χ3n) is 3.69. The third kappa shape index (κ3) is 3.24. The van der Waals surface area contributed by atoms with Gasteiger partial charge in [0, 0.05) is 24.9 Å². The number of allylic oxidation sites excluding steroid dienone is 1. The van der Waals surface area contributed by atoms with E-state index in [2.05, 4.69) is 18.7 Å². The molecule has 1 heterocycles. The number of hydrogen-bond acceptors (Lipinski definition) is 2. The molecule has 3 nitrogen and oxygen atoms in total. The topological polar surface area (TPSA) is 29.5 Å². The van der Waals surface area contributed by atoms with Crippen molar-refractivity contribution in [3.63, 3.8) is 0 Å². The molecule has 102 valence electrons. The number of carbonyl (C=O) groups is 1. The second kappa shape index (κ2) is 6.53. The van der Waals surface area contributed by atoms with Crippen LogP contribution in [-0.4, -0.2) is 37.1 Å². The SMILES string of the molecule is C=C[C@H](c1ccccc1)[C@H](C)C(=O)N1CCOCC1. The second-order valence-electron chi connectivity index (χ2n) is 4.90. The summed E-state index contributed by atoms with van der Waals surface area (Å²) < 4.78 is 5.29. The summed E-state index contributed by atoms with van der Waals surface area (Å²) >= 11 is 0. The summed E-state index contributed by atoms with van der Waals surface area (Å²) in [4.78, 5) is 14.4. The molecule has 0 spiro atoms. The highest BCUT2D eigenvalue weighted by atomic mass is 16.5. The molecule has 0 aromatic heterocycles. The predicted octanol–water partition coefficient (Wildman–Crippen LogP) is 2.45. The molecule has 0 radical (unpaired) electrons. The van der Waals surface area contributed by atoms with Crippen LogP contribution in [0.15, 0.2) is 43.0 Å². The lowest BCUT2D eigenvalue weighted by molar-refractivity contribution is -0.139. The van der Waals surface area contributed by atoms with Crippen molar-refractivity contribution in [1.82, 2.24) is 4.90 Å². The summed E-state index contributed by atoms with van der Waals surface area (Å²) in [5.41, 5.74) is 1.15. The number of amides is 1. The highest BCUT2D eigenvalue weighted by Crippen LogP contribution is 2.27. The molecule has 1 aliphatic heterocycles. The zero-order valence-electron chi connectivity index (χ0n) is 11.4. The standard InChI is InChI=1S/C16H21NO2/c1-3-15(14-7-5-4-6-8-14)13(2)16(18)17-9-11-19-12-10-17/h3-8,13,15H,1,9-12H2,2H3/t13-,15-/m0/s1. The van der Waals surface area contributed by atoms with Crippen molar-refractivity contribution in [2.24, 2.45) is 5.92 Å². The molecule has 3 heteroatoms. The average Bonchev–Trinajstić information content (AvgIpc) is 2.49. The number of nitrogens with zero attached hydrogens (tertiary/aromatic N) is 1. The Balaban J connectivity index is 2.09. The first-order valence-corrected chi connectivity index (χ1v) is 6.78. The Morgan fingerprint density at radius 2 is 1.95 bits per heavy atom. The Labute approximate surface area is 114 Å². The van der Waals surface area contributed by atoms with Crippen molar-refractivity contribution in [2.75, 3.05) is 26.3 Å². The molecular formula is C16H21NO2. The quantitative estimate of drug-likeness (QED) is 0.777. The maximum atomic E-state index is 12.5. The van der Waals surface area contributed by atoms with E-state index >= 15 is 0 Å². The zero-order valence-corrected chi connectivity index (χ0v) is 11.4. The first kappa shape index (κ1) is 13.8. The molecular weight excluding hydrogens is 238 g/mol. The molecule has 0 saturated carbocycles. The van der Waals surface area contributed by atoms with E-state index in [0.29, 0.717) is 26.3 Å². The highest BCUT2D eigenvalue weighted by Gasteiger charge is 2.28. The van der Waals surface area contributed by atoms with Crippen LogP contribution in [0.1, 0.15) is 18.4 Å². The molecule has 0 aliphatic carbocycles. The molecule has 1 aromatic rings. The molecule has 1 saturated heterocycles. The van der Waals surface area contributed by atoms with Gasteiger partial charge in [-0.25, -0.2) is 0 Å². The van der Waals surface area contributed by atoms with Crippen LogP contribution in [0, 0.1) is 5.92 Å². The van der Waals surface area contributed by atoms with Crippen molar-refractivity contribution in [1.29, 1.82) is 0 Å². The molecule has 1 amide bonds. The lowest BCUT2D eigenvalue weighted by Crippen LogP contribution is -2.44. The minimum atomic E-state index is -0.0852. The summed E-state index contributed by atoms with van der Waals surface area (Å²) in [6.07, 6.45) is 1.87. The monoisotopic (exact) mass is 259 g/mol. The van der Waals surface area contributed by atoms with E-state index < -0.39 is 0 Å². The summed E-state index contributed by atoms with van der Waals surface area (Å²) in [5, 5.41) is 0. The third-order valence-corrected chi connectivity index (χ3v) is 3.69. The predicted molar refractivity (Wildman–Crippen MR) is 75.9 cm³/mol. The van der Waals surface area contributed by atoms with Crippen LogP contribution >= 0.6 is 0 Å². The molecule has 1 fully saturated rings. The summed E-state index contributed by atoms with van der Waals surface area (Å²) in [6.45, 7) is 8.55. The van der Waals surface area contributed by atoms with Gasteiger partial charge in [-0.3, -0.25) is 4.79 Å². The Kier molecular flexibility index (Phi) is 4.74. The minimum absolute atomic E-state index is 0.0662. The number of carbonyl (C=O) groups excluding carboxylic acids is 1. The van der Waals surface area contributed by atoms with E-state index in [1.807, 2.05) is 36.1 Å². The molecule has 0 unspecified atom stereocenters. The van der Waals surface area contributed by atoms with E-state index in [4.69, 9.17) is 4.74 Å². The molecule has 0 bridgehead atoms. The number of hydrogen-bond donors (Lipinski definition) is 0. The van der Waals surface area contributed by atoms with Crippen LogP contribution in [0.25, 0.3) is 0 Å². The maximum absolute atomic E-state index is 12.5. The van der Waals surface area contributed by atoms with Gasteiger partial charge in [0.1, 0.15) is 0 Å². The van der Waals surface area contributed by atoms with E-state index in [1.54, 1.807) is 0 Å². The van der Waals surface area contributed by atoms with Gasteiger partial charge in [0.05, 0.1) is 13.2 Å². The fourth-order valence-corrected chi connectivity index (χ4v) is 2.53. The van der Waals surface area contributed by atoms with Gasteiger partial charge in [-0.15, -0.1) is 6.58 Å². The van der Waals surface area contributed by atoms with Crippen LogP contribution in [0.3, 0.4) is 0 Å². The van der Waals surface area contributed by atoms with Gasteiger partial charge in [0.2, 0.25) is 5.91 Å². The Hall–Kier alpha value is -1.61. The van der Waals surface area contributed by atoms with Crippen molar-refractivity contribution < 1.29 is 9.53 Å². The van der Waals surface area contributed by atoms with Crippen LogP contribution < -0.4 is 0 Å². The van der Waals surface area contributed by atoms with Gasteiger partial charge in [0.25, 0.3) is 0 Å². The molecule has 1 aromatic carbocycles. The Bertz CT molecular complexity index is 424. The van der Waals surface area contributed by atoms with E-state index in [9.17, 15) is 4.79 Å². The summed E-state index contributed by atoms with van der Waals surface area (Å²) in [6, 6.07) is 10.1. The number of ether oxygens (including phenoxy) is 1. The second-order valence-corrected chi connectivity index (χ2v) is 4.90. The van der Waals surface area contributed by atoms with Crippen molar-refractivity contribution in [2.45, 2.75) is 12.8 Å².